The molecule has 102 valence electrons. The molecule has 0 spiro atoms. The maximum atomic E-state index is 12.5. The van der Waals surface area contributed by atoms with Crippen LogP contribution in [0.25, 0.3) is 0 Å². The van der Waals surface area contributed by atoms with Crippen molar-refractivity contribution in [3.05, 3.63) is 35.4 Å². The topological polar surface area (TPSA) is 29.3 Å². The van der Waals surface area contributed by atoms with Gasteiger partial charge in [0, 0.05) is 24.2 Å². The van der Waals surface area contributed by atoms with Crippen LogP contribution in [0.2, 0.25) is 0 Å². The van der Waals surface area contributed by atoms with Crippen molar-refractivity contribution in [3.63, 3.8) is 0 Å². The number of hydrogen-bond donors (Lipinski definition) is 1. The van der Waals surface area contributed by atoms with Gasteiger partial charge in [-0.2, -0.15) is 0 Å². The van der Waals surface area contributed by atoms with Gasteiger partial charge >= 0.3 is 0 Å². The number of hydrogen-bond acceptors (Lipinski definition) is 2. The van der Waals surface area contributed by atoms with Crippen LogP contribution in [-0.2, 0) is 0 Å². The van der Waals surface area contributed by atoms with Gasteiger partial charge in [-0.05, 0) is 26.0 Å². The van der Waals surface area contributed by atoms with E-state index >= 15 is 0 Å². The first-order chi connectivity index (χ1) is 8.51. The van der Waals surface area contributed by atoms with Gasteiger partial charge in [-0.3, -0.25) is 4.90 Å². The molecule has 0 saturated carbocycles. The van der Waals surface area contributed by atoms with Crippen molar-refractivity contribution in [2.24, 2.45) is 5.73 Å². The number of nitrogens with two attached hydrogens (primary N) is 1. The van der Waals surface area contributed by atoms with Crippen LogP contribution in [0.5, 0.6) is 0 Å². The number of rotatable bonds is 6. The van der Waals surface area contributed by atoms with E-state index in [0.717, 1.165) is 12.0 Å². The second-order valence-electron chi connectivity index (χ2n) is 4.64. The maximum absolute atomic E-state index is 12.5. The molecule has 0 aliphatic heterocycles. The van der Waals surface area contributed by atoms with Crippen LogP contribution < -0.4 is 5.73 Å². The number of likely N-dealkylation sites (N-methyl/N-ethyl adjacent to an activating group) is 1. The molecule has 2 atom stereocenters. The standard InChI is InChI=1S/C14H22F2N2/c1-4-10(2)18(3)13(9-17)11-5-7-12(8-6-11)14(15)16/h5-8,10,13-14H,4,9,17H2,1-3H3. The Morgan fingerprint density at radius 2 is 1.67 bits per heavy atom. The zero-order valence-electron chi connectivity index (χ0n) is 11.2. The summed E-state index contributed by atoms with van der Waals surface area (Å²) in [6, 6.07) is 6.94. The molecule has 18 heavy (non-hydrogen) atoms. The molecule has 2 N–H and O–H groups in total. The molecule has 1 aromatic carbocycles. The number of alkyl halides is 2. The van der Waals surface area contributed by atoms with E-state index in [1.165, 1.54) is 12.1 Å². The highest BCUT2D eigenvalue weighted by molar-refractivity contribution is 5.26. The molecule has 0 fully saturated rings. The van der Waals surface area contributed by atoms with E-state index in [1.807, 2.05) is 7.05 Å². The van der Waals surface area contributed by atoms with Crippen molar-refractivity contribution in [2.75, 3.05) is 13.6 Å². The van der Waals surface area contributed by atoms with Gasteiger partial charge in [-0.25, -0.2) is 8.78 Å². The molecular formula is C14H22F2N2. The summed E-state index contributed by atoms with van der Waals surface area (Å²) < 4.78 is 25.0. The Balaban J connectivity index is 2.88. The Morgan fingerprint density at radius 3 is 2.06 bits per heavy atom. The van der Waals surface area contributed by atoms with Crippen LogP contribution in [0.3, 0.4) is 0 Å². The van der Waals surface area contributed by atoms with Crippen molar-refractivity contribution >= 4 is 0 Å². The second-order valence-corrected chi connectivity index (χ2v) is 4.64. The minimum atomic E-state index is -2.41. The molecule has 1 aromatic rings. The third-order valence-corrected chi connectivity index (χ3v) is 3.57. The molecule has 4 heteroatoms. The highest BCUT2D eigenvalue weighted by Gasteiger charge is 2.19. The van der Waals surface area contributed by atoms with Crippen LogP contribution >= 0.6 is 0 Å². The zero-order chi connectivity index (χ0) is 13.7. The Bertz CT molecular complexity index is 351. The van der Waals surface area contributed by atoms with E-state index in [1.54, 1.807) is 12.1 Å². The highest BCUT2D eigenvalue weighted by Crippen LogP contribution is 2.24. The van der Waals surface area contributed by atoms with E-state index in [2.05, 4.69) is 18.7 Å². The molecule has 0 bridgehead atoms. The molecule has 0 aromatic heterocycles. The monoisotopic (exact) mass is 256 g/mol. The van der Waals surface area contributed by atoms with Gasteiger partial charge in [0.15, 0.2) is 0 Å². The van der Waals surface area contributed by atoms with Crippen molar-refractivity contribution in [1.29, 1.82) is 0 Å². The van der Waals surface area contributed by atoms with Crippen LogP contribution in [0.4, 0.5) is 8.78 Å². The third-order valence-electron chi connectivity index (χ3n) is 3.57. The van der Waals surface area contributed by atoms with Crippen LogP contribution in [0.15, 0.2) is 24.3 Å². The Kier molecular flexibility index (Phi) is 5.69. The van der Waals surface area contributed by atoms with Crippen molar-refractivity contribution < 1.29 is 8.78 Å². The van der Waals surface area contributed by atoms with Gasteiger partial charge < -0.3 is 5.73 Å². The molecule has 2 unspecified atom stereocenters. The summed E-state index contributed by atoms with van der Waals surface area (Å²) in [5, 5.41) is 0. The van der Waals surface area contributed by atoms with Crippen molar-refractivity contribution in [1.82, 2.24) is 4.90 Å². The van der Waals surface area contributed by atoms with Crippen molar-refractivity contribution in [3.8, 4) is 0 Å². The first kappa shape index (κ1) is 15.1. The lowest BCUT2D eigenvalue weighted by Crippen LogP contribution is -2.36. The lowest BCUT2D eigenvalue weighted by molar-refractivity contribution is 0.151. The molecule has 0 radical (unpaired) electrons. The Morgan fingerprint density at radius 1 is 1.17 bits per heavy atom. The largest absolute Gasteiger partial charge is 0.329 e. The average Bonchev–Trinajstić information content (AvgIpc) is 2.39. The summed E-state index contributed by atoms with van der Waals surface area (Å²) >= 11 is 0. The van der Waals surface area contributed by atoms with E-state index in [0.29, 0.717) is 12.6 Å². The minimum absolute atomic E-state index is 0.0562. The summed E-state index contributed by atoms with van der Waals surface area (Å²) in [6.07, 6.45) is -1.38. The van der Waals surface area contributed by atoms with Crippen LogP contribution in [-0.4, -0.2) is 24.5 Å². The van der Waals surface area contributed by atoms with Gasteiger partial charge in [-0.1, -0.05) is 31.2 Å². The Hall–Kier alpha value is -1.00. The number of halogens is 2. The highest BCUT2D eigenvalue weighted by atomic mass is 19.3. The second kappa shape index (κ2) is 6.81. The van der Waals surface area contributed by atoms with Crippen molar-refractivity contribution in [2.45, 2.75) is 38.8 Å². The molecule has 0 heterocycles. The lowest BCUT2D eigenvalue weighted by atomic mass is 10.0. The van der Waals surface area contributed by atoms with Gasteiger partial charge in [0.25, 0.3) is 6.43 Å². The zero-order valence-corrected chi connectivity index (χ0v) is 11.2. The molecular weight excluding hydrogens is 234 g/mol. The SMILES string of the molecule is CCC(C)N(C)C(CN)c1ccc(C(F)F)cc1. The molecule has 2 nitrogen and oxygen atoms in total. The number of nitrogens with zero attached hydrogens (tertiary/aromatic N) is 1. The van der Waals surface area contributed by atoms with E-state index in [-0.39, 0.29) is 11.6 Å². The van der Waals surface area contributed by atoms with E-state index in [4.69, 9.17) is 5.73 Å². The summed E-state index contributed by atoms with van der Waals surface area (Å²) in [5.74, 6) is 0. The fourth-order valence-electron chi connectivity index (χ4n) is 2.00. The van der Waals surface area contributed by atoms with Gasteiger partial charge in [0.05, 0.1) is 0 Å². The third kappa shape index (κ3) is 3.50. The molecule has 0 aliphatic carbocycles. The van der Waals surface area contributed by atoms with Gasteiger partial charge in [0.2, 0.25) is 0 Å². The first-order valence-electron chi connectivity index (χ1n) is 6.31. The normalized spacial score (nSPS) is 15.1. The van der Waals surface area contributed by atoms with Gasteiger partial charge in [-0.15, -0.1) is 0 Å². The predicted molar refractivity (Wildman–Crippen MR) is 70.7 cm³/mol. The maximum Gasteiger partial charge on any atom is 0.263 e. The lowest BCUT2D eigenvalue weighted by Gasteiger charge is -2.32. The summed E-state index contributed by atoms with van der Waals surface area (Å²) in [4.78, 5) is 2.19. The van der Waals surface area contributed by atoms with Crippen LogP contribution in [0, 0.1) is 0 Å². The minimum Gasteiger partial charge on any atom is -0.329 e. The van der Waals surface area contributed by atoms with E-state index in [9.17, 15) is 8.78 Å². The van der Waals surface area contributed by atoms with E-state index < -0.39 is 6.43 Å². The quantitative estimate of drug-likeness (QED) is 0.845. The fraction of sp³-hybridized carbons (Fsp3) is 0.571. The number of benzene rings is 1. The molecule has 1 rings (SSSR count). The molecule has 0 aliphatic rings. The summed E-state index contributed by atoms with van der Waals surface area (Å²) in [5.41, 5.74) is 6.85. The summed E-state index contributed by atoms with van der Waals surface area (Å²) in [7, 11) is 2.02. The van der Waals surface area contributed by atoms with Gasteiger partial charge in [0.1, 0.15) is 0 Å². The molecule has 0 saturated heterocycles. The summed E-state index contributed by atoms with van der Waals surface area (Å²) in [6.45, 7) is 4.74. The fourth-order valence-corrected chi connectivity index (χ4v) is 2.00. The van der Waals surface area contributed by atoms with Crippen LogP contribution in [0.1, 0.15) is 43.9 Å². The first-order valence-corrected chi connectivity index (χ1v) is 6.31. The average molecular weight is 256 g/mol. The Labute approximate surface area is 108 Å². The predicted octanol–water partition coefficient (Wildman–Crippen LogP) is 3.35. The molecule has 0 amide bonds. The smallest absolute Gasteiger partial charge is 0.263 e.